The first kappa shape index (κ1) is 8.97. The summed E-state index contributed by atoms with van der Waals surface area (Å²) in [6, 6.07) is 0. The maximum Gasteiger partial charge on any atom is 0.0714 e. The van der Waals surface area contributed by atoms with Gasteiger partial charge in [-0.05, 0) is 7.05 Å². The Bertz CT molecular complexity index is 119. The number of β-amino-alcohol motifs (C(OH)–C–C–N with tert-alkyl or cyclic N) is 1. The summed E-state index contributed by atoms with van der Waals surface area (Å²) in [5.74, 6) is 0.262. The number of hydrogen-bond acceptors (Lipinski definition) is 3. The highest BCUT2D eigenvalue weighted by Gasteiger charge is 2.18. The van der Waals surface area contributed by atoms with E-state index in [1.54, 1.807) is 0 Å². The summed E-state index contributed by atoms with van der Waals surface area (Å²) in [5, 5.41) is 9.53. The van der Waals surface area contributed by atoms with Gasteiger partial charge in [0.05, 0.1) is 19.3 Å². The molecule has 1 heterocycles. The largest absolute Gasteiger partial charge is 0.391 e. The second-order valence-electron chi connectivity index (χ2n) is 3.38. The van der Waals surface area contributed by atoms with Crippen molar-refractivity contribution in [2.75, 3.05) is 33.4 Å². The molecule has 0 unspecified atom stereocenters. The minimum absolute atomic E-state index is 0.236. The average molecular weight is 159 g/mol. The van der Waals surface area contributed by atoms with E-state index in [0.29, 0.717) is 6.61 Å². The number of nitrogens with zero attached hydrogens (tertiary/aromatic N) is 1. The van der Waals surface area contributed by atoms with E-state index in [-0.39, 0.29) is 12.0 Å². The van der Waals surface area contributed by atoms with E-state index in [2.05, 4.69) is 4.90 Å². The summed E-state index contributed by atoms with van der Waals surface area (Å²) in [6.45, 7) is 5.18. The maximum atomic E-state index is 9.53. The van der Waals surface area contributed by atoms with Gasteiger partial charge in [0.1, 0.15) is 0 Å². The molecule has 1 N–H and O–H groups in total. The van der Waals surface area contributed by atoms with Crippen molar-refractivity contribution in [3.8, 4) is 0 Å². The van der Waals surface area contributed by atoms with Crippen molar-refractivity contribution < 1.29 is 9.84 Å². The molecule has 66 valence electrons. The molecule has 0 saturated carbocycles. The molecule has 1 saturated heterocycles. The zero-order valence-corrected chi connectivity index (χ0v) is 7.29. The summed E-state index contributed by atoms with van der Waals surface area (Å²) < 4.78 is 5.33. The van der Waals surface area contributed by atoms with Gasteiger partial charge in [-0.1, -0.05) is 6.92 Å². The molecule has 0 bridgehead atoms. The average Bonchev–Trinajstić information content (AvgIpc) is 1.95. The standard InChI is InChI=1S/C8H17NO2/c1-7-6-11-4-3-9(2)5-8(7)10/h7-8,10H,3-6H2,1-2H3/t7-,8-/m1/s1. The molecular formula is C8H17NO2. The second kappa shape index (κ2) is 4.04. The summed E-state index contributed by atoms with van der Waals surface area (Å²) in [5.41, 5.74) is 0. The van der Waals surface area contributed by atoms with E-state index >= 15 is 0 Å². The third-order valence-electron chi connectivity index (χ3n) is 2.15. The highest BCUT2D eigenvalue weighted by Crippen LogP contribution is 2.07. The molecule has 0 aromatic heterocycles. The molecule has 0 aliphatic carbocycles. The van der Waals surface area contributed by atoms with E-state index in [9.17, 15) is 5.11 Å². The van der Waals surface area contributed by atoms with Crippen molar-refractivity contribution in [1.29, 1.82) is 0 Å². The van der Waals surface area contributed by atoms with Crippen LogP contribution in [0.5, 0.6) is 0 Å². The second-order valence-corrected chi connectivity index (χ2v) is 3.38. The normalized spacial score (nSPS) is 36.3. The topological polar surface area (TPSA) is 32.7 Å². The monoisotopic (exact) mass is 159 g/mol. The molecule has 0 amide bonds. The van der Waals surface area contributed by atoms with Crippen LogP contribution in [0, 0.1) is 5.92 Å². The number of hydrogen-bond donors (Lipinski definition) is 1. The Morgan fingerprint density at radius 1 is 1.55 bits per heavy atom. The first-order valence-electron chi connectivity index (χ1n) is 4.14. The summed E-state index contributed by atoms with van der Waals surface area (Å²) in [7, 11) is 2.00. The third kappa shape index (κ3) is 2.77. The van der Waals surface area contributed by atoms with Gasteiger partial charge in [-0.25, -0.2) is 0 Å². The van der Waals surface area contributed by atoms with Gasteiger partial charge in [-0.3, -0.25) is 0 Å². The first-order chi connectivity index (χ1) is 5.20. The van der Waals surface area contributed by atoms with Gasteiger partial charge in [0, 0.05) is 19.0 Å². The SMILES string of the molecule is C[C@@H]1COCCN(C)C[C@H]1O. The molecule has 0 aromatic carbocycles. The molecule has 1 rings (SSSR count). The zero-order valence-electron chi connectivity index (χ0n) is 7.29. The number of ether oxygens (including phenoxy) is 1. The predicted molar refractivity (Wildman–Crippen MR) is 43.5 cm³/mol. The van der Waals surface area contributed by atoms with Crippen LogP contribution >= 0.6 is 0 Å². The lowest BCUT2D eigenvalue weighted by Gasteiger charge is -2.27. The van der Waals surface area contributed by atoms with Gasteiger partial charge < -0.3 is 14.7 Å². The van der Waals surface area contributed by atoms with Crippen LogP contribution in [0.15, 0.2) is 0 Å². The lowest BCUT2D eigenvalue weighted by Crippen LogP contribution is -2.39. The Hall–Kier alpha value is -0.120. The van der Waals surface area contributed by atoms with Crippen molar-refractivity contribution in [3.05, 3.63) is 0 Å². The van der Waals surface area contributed by atoms with Crippen LogP contribution in [-0.4, -0.2) is 49.5 Å². The van der Waals surface area contributed by atoms with Crippen molar-refractivity contribution >= 4 is 0 Å². The number of rotatable bonds is 0. The number of aliphatic hydroxyl groups is 1. The van der Waals surface area contributed by atoms with E-state index in [0.717, 1.165) is 19.7 Å². The quantitative estimate of drug-likeness (QED) is 0.537. The molecule has 3 heteroatoms. The maximum absolute atomic E-state index is 9.53. The highest BCUT2D eigenvalue weighted by atomic mass is 16.5. The Morgan fingerprint density at radius 2 is 2.27 bits per heavy atom. The smallest absolute Gasteiger partial charge is 0.0714 e. The van der Waals surface area contributed by atoms with Crippen LogP contribution in [0.1, 0.15) is 6.92 Å². The Morgan fingerprint density at radius 3 is 3.00 bits per heavy atom. The molecule has 2 atom stereocenters. The Balaban J connectivity index is 2.38. The van der Waals surface area contributed by atoms with Crippen LogP contribution in [0.2, 0.25) is 0 Å². The van der Waals surface area contributed by atoms with Gasteiger partial charge in [0.2, 0.25) is 0 Å². The fourth-order valence-corrected chi connectivity index (χ4v) is 1.19. The summed E-state index contributed by atoms with van der Waals surface area (Å²) >= 11 is 0. The number of likely N-dealkylation sites (N-methyl/N-ethyl adjacent to an activating group) is 1. The van der Waals surface area contributed by atoms with Crippen LogP contribution in [0.4, 0.5) is 0 Å². The molecule has 0 aromatic rings. The first-order valence-corrected chi connectivity index (χ1v) is 4.14. The Kier molecular flexibility index (Phi) is 3.30. The van der Waals surface area contributed by atoms with E-state index in [4.69, 9.17) is 4.74 Å². The number of aliphatic hydroxyl groups excluding tert-OH is 1. The molecular weight excluding hydrogens is 142 g/mol. The molecule has 0 radical (unpaired) electrons. The summed E-state index contributed by atoms with van der Waals surface area (Å²) in [6.07, 6.45) is -0.236. The molecule has 0 spiro atoms. The zero-order chi connectivity index (χ0) is 8.27. The lowest BCUT2D eigenvalue weighted by molar-refractivity contribution is -0.0104. The highest BCUT2D eigenvalue weighted by molar-refractivity contribution is 4.69. The molecule has 3 nitrogen and oxygen atoms in total. The van der Waals surface area contributed by atoms with Crippen molar-refractivity contribution in [3.63, 3.8) is 0 Å². The van der Waals surface area contributed by atoms with Crippen LogP contribution < -0.4 is 0 Å². The molecule has 1 fully saturated rings. The van der Waals surface area contributed by atoms with Gasteiger partial charge in [-0.2, -0.15) is 0 Å². The minimum atomic E-state index is -0.236. The molecule has 1 aliphatic heterocycles. The van der Waals surface area contributed by atoms with Gasteiger partial charge in [0.15, 0.2) is 0 Å². The van der Waals surface area contributed by atoms with Crippen molar-refractivity contribution in [1.82, 2.24) is 4.90 Å². The van der Waals surface area contributed by atoms with Crippen molar-refractivity contribution in [2.45, 2.75) is 13.0 Å². The van der Waals surface area contributed by atoms with E-state index < -0.39 is 0 Å². The Labute approximate surface area is 68.0 Å². The van der Waals surface area contributed by atoms with E-state index in [1.807, 2.05) is 14.0 Å². The van der Waals surface area contributed by atoms with Gasteiger partial charge >= 0.3 is 0 Å². The fourth-order valence-electron chi connectivity index (χ4n) is 1.19. The molecule has 11 heavy (non-hydrogen) atoms. The van der Waals surface area contributed by atoms with Crippen molar-refractivity contribution in [2.24, 2.45) is 5.92 Å². The minimum Gasteiger partial charge on any atom is -0.391 e. The fraction of sp³-hybridized carbons (Fsp3) is 1.00. The van der Waals surface area contributed by atoms with Gasteiger partial charge in [0.25, 0.3) is 0 Å². The van der Waals surface area contributed by atoms with E-state index in [1.165, 1.54) is 0 Å². The lowest BCUT2D eigenvalue weighted by atomic mass is 10.1. The van der Waals surface area contributed by atoms with Crippen LogP contribution in [-0.2, 0) is 4.74 Å². The van der Waals surface area contributed by atoms with Crippen LogP contribution in [0.25, 0.3) is 0 Å². The molecule has 1 aliphatic rings. The van der Waals surface area contributed by atoms with Crippen LogP contribution in [0.3, 0.4) is 0 Å². The summed E-state index contributed by atoms with van der Waals surface area (Å²) in [4.78, 5) is 2.10. The van der Waals surface area contributed by atoms with Gasteiger partial charge in [-0.15, -0.1) is 0 Å². The predicted octanol–water partition coefficient (Wildman–Crippen LogP) is -0.0546. The third-order valence-corrected chi connectivity index (χ3v) is 2.15.